The van der Waals surface area contributed by atoms with Crippen LogP contribution in [0.2, 0.25) is 0 Å². The van der Waals surface area contributed by atoms with E-state index in [4.69, 9.17) is 4.74 Å². The van der Waals surface area contributed by atoms with E-state index in [1.165, 1.54) is 32.1 Å². The Balaban J connectivity index is 1.45. The maximum atomic E-state index is 12.1. The average molecular weight is 338 g/mol. The van der Waals surface area contributed by atoms with E-state index in [1.807, 2.05) is 42.5 Å². The van der Waals surface area contributed by atoms with Crippen LogP contribution < -0.4 is 10.1 Å². The maximum absolute atomic E-state index is 12.1. The van der Waals surface area contributed by atoms with Crippen molar-refractivity contribution in [2.45, 2.75) is 51.7 Å². The van der Waals surface area contributed by atoms with Gasteiger partial charge in [-0.1, -0.05) is 49.6 Å². The zero-order valence-electron chi connectivity index (χ0n) is 14.6. The van der Waals surface area contributed by atoms with Gasteiger partial charge in [-0.3, -0.25) is 4.79 Å². The summed E-state index contributed by atoms with van der Waals surface area (Å²) in [5.74, 6) is 1.30. The van der Waals surface area contributed by atoms with E-state index in [0.717, 1.165) is 11.1 Å². The molecule has 0 saturated heterocycles. The summed E-state index contributed by atoms with van der Waals surface area (Å²) in [6.45, 7) is 1.01. The Bertz CT molecular complexity index is 667. The van der Waals surface area contributed by atoms with Gasteiger partial charge in [0.25, 0.3) is 0 Å². The van der Waals surface area contributed by atoms with E-state index >= 15 is 0 Å². The highest BCUT2D eigenvalue weighted by Crippen LogP contribution is 2.26. The van der Waals surface area contributed by atoms with E-state index in [2.05, 4.69) is 10.3 Å². The van der Waals surface area contributed by atoms with Crippen LogP contribution in [0.5, 0.6) is 5.88 Å². The van der Waals surface area contributed by atoms with Crippen LogP contribution in [0.1, 0.15) is 49.7 Å². The van der Waals surface area contributed by atoms with Crippen molar-refractivity contribution in [3.8, 4) is 5.88 Å². The molecule has 0 spiro atoms. The molecule has 0 aliphatic heterocycles. The molecule has 3 rings (SSSR count). The maximum Gasteiger partial charge on any atom is 0.220 e. The fourth-order valence-corrected chi connectivity index (χ4v) is 3.30. The van der Waals surface area contributed by atoms with Crippen molar-refractivity contribution in [1.29, 1.82) is 0 Å². The van der Waals surface area contributed by atoms with E-state index in [-0.39, 0.29) is 5.91 Å². The van der Waals surface area contributed by atoms with E-state index in [0.29, 0.717) is 31.4 Å². The number of rotatable bonds is 7. The first-order chi connectivity index (χ1) is 12.3. The lowest BCUT2D eigenvalue weighted by Gasteiger charge is -2.20. The molecule has 1 aromatic carbocycles. The minimum absolute atomic E-state index is 0.149. The third-order valence-corrected chi connectivity index (χ3v) is 4.72. The number of carbonyl (C=O) groups is 1. The highest BCUT2D eigenvalue weighted by molar-refractivity contribution is 5.76. The lowest BCUT2D eigenvalue weighted by atomic mass is 9.87. The second-order valence-electron chi connectivity index (χ2n) is 6.76. The van der Waals surface area contributed by atoms with Gasteiger partial charge >= 0.3 is 0 Å². The summed E-state index contributed by atoms with van der Waals surface area (Å²) >= 11 is 0. The van der Waals surface area contributed by atoms with Gasteiger partial charge in [0.2, 0.25) is 11.8 Å². The molecule has 0 unspecified atom stereocenters. The molecule has 0 radical (unpaired) electrons. The average Bonchev–Trinajstić information content (AvgIpc) is 2.67. The first-order valence-corrected chi connectivity index (χ1v) is 9.18. The van der Waals surface area contributed by atoms with Gasteiger partial charge in [-0.15, -0.1) is 0 Å². The summed E-state index contributed by atoms with van der Waals surface area (Å²) in [4.78, 5) is 16.4. The first kappa shape index (κ1) is 17.5. The topological polar surface area (TPSA) is 51.2 Å². The van der Waals surface area contributed by atoms with Crippen LogP contribution in [0.4, 0.5) is 0 Å². The fourth-order valence-electron chi connectivity index (χ4n) is 3.30. The molecule has 4 heteroatoms. The Morgan fingerprint density at radius 3 is 2.68 bits per heavy atom. The molecule has 1 fully saturated rings. The summed E-state index contributed by atoms with van der Waals surface area (Å²) < 4.78 is 5.74. The predicted molar refractivity (Wildman–Crippen MR) is 98.0 cm³/mol. The molecule has 1 aromatic heterocycles. The van der Waals surface area contributed by atoms with Gasteiger partial charge in [-0.05, 0) is 36.0 Å². The lowest BCUT2D eigenvalue weighted by Crippen LogP contribution is -2.25. The van der Waals surface area contributed by atoms with Crippen molar-refractivity contribution < 1.29 is 9.53 Å². The second-order valence-corrected chi connectivity index (χ2v) is 6.76. The standard InChI is InChI=1S/C21H26N2O2/c24-20(13-17-7-3-1-4-8-17)23-15-19-11-12-22-21(14-19)25-16-18-9-5-2-6-10-18/h2,5-6,9-12,14,17H,1,3-4,7-8,13,15-16H2,(H,23,24). The van der Waals surface area contributed by atoms with Crippen molar-refractivity contribution in [2.75, 3.05) is 0 Å². The van der Waals surface area contributed by atoms with Gasteiger partial charge < -0.3 is 10.1 Å². The van der Waals surface area contributed by atoms with Crippen molar-refractivity contribution in [1.82, 2.24) is 10.3 Å². The van der Waals surface area contributed by atoms with Crippen molar-refractivity contribution in [3.05, 3.63) is 59.8 Å². The number of pyridine rings is 1. The van der Waals surface area contributed by atoms with Crippen LogP contribution in [-0.4, -0.2) is 10.9 Å². The van der Waals surface area contributed by atoms with Crippen molar-refractivity contribution in [2.24, 2.45) is 5.92 Å². The number of nitrogens with one attached hydrogen (secondary N) is 1. The number of amides is 1. The fraction of sp³-hybridized carbons (Fsp3) is 0.429. The number of ether oxygens (including phenoxy) is 1. The zero-order valence-corrected chi connectivity index (χ0v) is 14.6. The molecule has 1 saturated carbocycles. The Labute approximate surface area is 149 Å². The summed E-state index contributed by atoms with van der Waals surface area (Å²) in [6, 6.07) is 13.8. The summed E-state index contributed by atoms with van der Waals surface area (Å²) in [5, 5.41) is 3.02. The van der Waals surface area contributed by atoms with E-state index in [1.54, 1.807) is 6.20 Å². The quantitative estimate of drug-likeness (QED) is 0.821. The van der Waals surface area contributed by atoms with Crippen LogP contribution in [0.15, 0.2) is 48.7 Å². The minimum atomic E-state index is 0.149. The Morgan fingerprint density at radius 1 is 1.08 bits per heavy atom. The normalized spacial score (nSPS) is 14.9. The lowest BCUT2D eigenvalue weighted by molar-refractivity contribution is -0.122. The smallest absolute Gasteiger partial charge is 0.220 e. The second kappa shape index (κ2) is 9.21. The van der Waals surface area contributed by atoms with Crippen LogP contribution in [0.25, 0.3) is 0 Å². The molecule has 4 nitrogen and oxygen atoms in total. The molecule has 1 aliphatic carbocycles. The molecule has 1 amide bonds. The third kappa shape index (κ3) is 5.89. The van der Waals surface area contributed by atoms with E-state index in [9.17, 15) is 4.79 Å². The molecule has 25 heavy (non-hydrogen) atoms. The van der Waals surface area contributed by atoms with Crippen LogP contribution in [0.3, 0.4) is 0 Å². The molecule has 0 atom stereocenters. The minimum Gasteiger partial charge on any atom is -0.473 e. The molecule has 1 N–H and O–H groups in total. The van der Waals surface area contributed by atoms with Crippen LogP contribution >= 0.6 is 0 Å². The predicted octanol–water partition coefficient (Wildman–Crippen LogP) is 4.25. The van der Waals surface area contributed by atoms with Gasteiger partial charge in [0.05, 0.1) is 0 Å². The summed E-state index contributed by atoms with van der Waals surface area (Å²) in [6.07, 6.45) is 8.63. The molecule has 2 aromatic rings. The molecular weight excluding hydrogens is 312 g/mol. The van der Waals surface area contributed by atoms with Crippen LogP contribution in [-0.2, 0) is 17.9 Å². The number of hydrogen-bond acceptors (Lipinski definition) is 3. The first-order valence-electron chi connectivity index (χ1n) is 9.18. The van der Waals surface area contributed by atoms with Gasteiger partial charge in [0.15, 0.2) is 0 Å². The molecular formula is C21H26N2O2. The molecule has 1 aliphatic rings. The SMILES string of the molecule is O=C(CC1CCCCC1)NCc1ccnc(OCc2ccccc2)c1. The number of benzene rings is 1. The number of hydrogen-bond donors (Lipinski definition) is 1. The van der Waals surface area contributed by atoms with Gasteiger partial charge in [0.1, 0.15) is 6.61 Å². The van der Waals surface area contributed by atoms with Gasteiger partial charge in [-0.2, -0.15) is 0 Å². The van der Waals surface area contributed by atoms with E-state index < -0.39 is 0 Å². The van der Waals surface area contributed by atoms with Crippen LogP contribution in [0, 0.1) is 5.92 Å². The van der Waals surface area contributed by atoms with Crippen molar-refractivity contribution in [3.63, 3.8) is 0 Å². The largest absolute Gasteiger partial charge is 0.473 e. The van der Waals surface area contributed by atoms with Gasteiger partial charge in [-0.25, -0.2) is 4.98 Å². The Morgan fingerprint density at radius 2 is 1.88 bits per heavy atom. The molecule has 1 heterocycles. The summed E-state index contributed by atoms with van der Waals surface area (Å²) in [5.41, 5.74) is 2.12. The molecule has 132 valence electrons. The Kier molecular flexibility index (Phi) is 6.43. The Hall–Kier alpha value is -2.36. The highest BCUT2D eigenvalue weighted by atomic mass is 16.5. The molecule has 0 bridgehead atoms. The highest BCUT2D eigenvalue weighted by Gasteiger charge is 2.16. The number of nitrogens with zero attached hydrogens (tertiary/aromatic N) is 1. The number of carbonyl (C=O) groups excluding carboxylic acids is 1. The van der Waals surface area contributed by atoms with Gasteiger partial charge in [0, 0.05) is 25.2 Å². The van der Waals surface area contributed by atoms with Crippen molar-refractivity contribution >= 4 is 5.91 Å². The zero-order chi connectivity index (χ0) is 17.3. The number of aromatic nitrogens is 1. The summed E-state index contributed by atoms with van der Waals surface area (Å²) in [7, 11) is 0. The third-order valence-electron chi connectivity index (χ3n) is 4.72. The monoisotopic (exact) mass is 338 g/mol.